The average Bonchev–Trinajstić information content (AvgIpc) is 2.31. The van der Waals surface area contributed by atoms with Crippen LogP contribution in [0.1, 0.15) is 27.2 Å². The molecule has 1 fully saturated rings. The van der Waals surface area contributed by atoms with E-state index in [2.05, 4.69) is 4.74 Å². The van der Waals surface area contributed by atoms with Gasteiger partial charge in [-0.1, -0.05) is 20.8 Å². The van der Waals surface area contributed by atoms with Crippen molar-refractivity contribution in [3.63, 3.8) is 0 Å². The number of ether oxygens (including phenoxy) is 2. The van der Waals surface area contributed by atoms with Crippen LogP contribution >= 0.6 is 0 Å². The van der Waals surface area contributed by atoms with E-state index < -0.39 is 18.2 Å². The summed E-state index contributed by atoms with van der Waals surface area (Å²) in [5, 5.41) is 0. The van der Waals surface area contributed by atoms with Crippen LogP contribution < -0.4 is 0 Å². The van der Waals surface area contributed by atoms with Crippen LogP contribution in [0.4, 0.5) is 4.79 Å². The first-order valence-electron chi connectivity index (χ1n) is 3.89. The lowest BCUT2D eigenvalue weighted by atomic mass is 9.84. The molecule has 0 aromatic carbocycles. The van der Waals surface area contributed by atoms with E-state index >= 15 is 0 Å². The molecule has 1 saturated heterocycles. The van der Waals surface area contributed by atoms with E-state index in [1.165, 1.54) is 0 Å². The predicted octanol–water partition coefficient (Wildman–Crippen LogP) is 1.48. The summed E-state index contributed by atoms with van der Waals surface area (Å²) in [6.07, 6.45) is -0.874. The normalized spacial score (nSPS) is 23.8. The first kappa shape index (κ1) is 9.03. The maximum absolute atomic E-state index is 11.0. The molecule has 1 heterocycles. The highest BCUT2D eigenvalue weighted by atomic mass is 16.8. The number of esters is 1. The zero-order chi connectivity index (χ0) is 9.35. The second kappa shape index (κ2) is 2.77. The van der Waals surface area contributed by atoms with Crippen LogP contribution in [0.25, 0.3) is 0 Å². The zero-order valence-corrected chi connectivity index (χ0v) is 7.42. The van der Waals surface area contributed by atoms with Crippen molar-refractivity contribution >= 4 is 12.1 Å². The van der Waals surface area contributed by atoms with Gasteiger partial charge < -0.3 is 9.47 Å². The van der Waals surface area contributed by atoms with Gasteiger partial charge in [-0.3, -0.25) is 0 Å². The van der Waals surface area contributed by atoms with Crippen LogP contribution in [0.15, 0.2) is 0 Å². The molecular weight excluding hydrogens is 160 g/mol. The van der Waals surface area contributed by atoms with Crippen molar-refractivity contribution in [3.05, 3.63) is 0 Å². The Kier molecular flexibility index (Phi) is 2.08. The third-order valence-corrected chi connectivity index (χ3v) is 2.23. The molecule has 1 rings (SSSR count). The number of carbonyl (C=O) groups excluding carboxylic acids is 2. The fraction of sp³-hybridized carbons (Fsp3) is 0.750. The van der Waals surface area contributed by atoms with Crippen molar-refractivity contribution in [2.75, 3.05) is 0 Å². The maximum atomic E-state index is 11.0. The van der Waals surface area contributed by atoms with Crippen molar-refractivity contribution in [3.8, 4) is 0 Å². The summed E-state index contributed by atoms with van der Waals surface area (Å²) in [6, 6.07) is 0. The van der Waals surface area contributed by atoms with Crippen LogP contribution in [0.5, 0.6) is 0 Å². The summed E-state index contributed by atoms with van der Waals surface area (Å²) in [6.45, 7) is 5.65. The first-order valence-corrected chi connectivity index (χ1v) is 3.89. The number of cyclic esters (lactones) is 3. The Morgan fingerprint density at radius 3 is 2.33 bits per heavy atom. The van der Waals surface area contributed by atoms with Crippen LogP contribution in [-0.4, -0.2) is 18.2 Å². The lowest BCUT2D eigenvalue weighted by Crippen LogP contribution is -2.34. The molecule has 1 aliphatic heterocycles. The molecule has 4 nitrogen and oxygen atoms in total. The van der Waals surface area contributed by atoms with Crippen LogP contribution in [0.3, 0.4) is 0 Å². The van der Waals surface area contributed by atoms with Gasteiger partial charge in [-0.2, -0.15) is 0 Å². The van der Waals surface area contributed by atoms with E-state index in [1.54, 1.807) is 0 Å². The summed E-state index contributed by atoms with van der Waals surface area (Å²) >= 11 is 0. The lowest BCUT2D eigenvalue weighted by molar-refractivity contribution is -0.140. The molecule has 0 saturated carbocycles. The van der Waals surface area contributed by atoms with E-state index in [0.29, 0.717) is 0 Å². The van der Waals surface area contributed by atoms with Gasteiger partial charge in [0.15, 0.2) is 0 Å². The van der Waals surface area contributed by atoms with E-state index in [9.17, 15) is 9.59 Å². The SMILES string of the molecule is CCC(C)(C)C1OC(=O)OC1=O. The molecule has 1 unspecified atom stereocenters. The second-order valence-electron chi connectivity index (χ2n) is 3.51. The molecule has 0 aliphatic carbocycles. The minimum atomic E-state index is -0.883. The van der Waals surface area contributed by atoms with Crippen molar-refractivity contribution in [2.45, 2.75) is 33.3 Å². The van der Waals surface area contributed by atoms with Gasteiger partial charge in [0.25, 0.3) is 0 Å². The van der Waals surface area contributed by atoms with Gasteiger partial charge >= 0.3 is 12.1 Å². The summed E-state index contributed by atoms with van der Waals surface area (Å²) in [5.41, 5.74) is -0.344. The quantitative estimate of drug-likeness (QED) is 0.467. The molecule has 1 aliphatic rings. The highest BCUT2D eigenvalue weighted by Crippen LogP contribution is 2.31. The standard InChI is InChI=1S/C8H12O4/c1-4-8(2,3)5-6(9)12-7(10)11-5/h5H,4H2,1-3H3. The molecule has 68 valence electrons. The summed E-state index contributed by atoms with van der Waals surface area (Å²) in [4.78, 5) is 21.6. The molecule has 0 amide bonds. The van der Waals surface area contributed by atoms with E-state index in [4.69, 9.17) is 4.74 Å². The molecule has 0 spiro atoms. The van der Waals surface area contributed by atoms with Crippen LogP contribution in [-0.2, 0) is 14.3 Å². The summed E-state index contributed by atoms with van der Waals surface area (Å²) in [7, 11) is 0. The maximum Gasteiger partial charge on any atom is 0.517 e. The molecular formula is C8H12O4. The van der Waals surface area contributed by atoms with Crippen LogP contribution in [0, 0.1) is 5.41 Å². The van der Waals surface area contributed by atoms with Crippen molar-refractivity contribution in [1.82, 2.24) is 0 Å². The van der Waals surface area contributed by atoms with Gasteiger partial charge in [0.1, 0.15) is 0 Å². The summed E-state index contributed by atoms with van der Waals surface area (Å²) in [5.74, 6) is -0.577. The minimum absolute atomic E-state index is 0.344. The van der Waals surface area contributed by atoms with Crippen LogP contribution in [0.2, 0.25) is 0 Å². The van der Waals surface area contributed by atoms with Gasteiger partial charge in [0.2, 0.25) is 6.10 Å². The Morgan fingerprint density at radius 1 is 1.42 bits per heavy atom. The van der Waals surface area contributed by atoms with Gasteiger partial charge in [-0.25, -0.2) is 9.59 Å². The number of rotatable bonds is 2. The molecule has 0 aromatic heterocycles. The van der Waals surface area contributed by atoms with E-state index in [1.807, 2.05) is 20.8 Å². The topological polar surface area (TPSA) is 52.6 Å². The third-order valence-electron chi connectivity index (χ3n) is 2.23. The zero-order valence-electron chi connectivity index (χ0n) is 7.42. The van der Waals surface area contributed by atoms with Gasteiger partial charge in [0.05, 0.1) is 0 Å². The largest absolute Gasteiger partial charge is 0.517 e. The molecule has 1 atom stereocenters. The van der Waals surface area contributed by atoms with E-state index in [0.717, 1.165) is 6.42 Å². The molecule has 0 N–H and O–H groups in total. The molecule has 12 heavy (non-hydrogen) atoms. The smallest absolute Gasteiger partial charge is 0.418 e. The monoisotopic (exact) mass is 172 g/mol. The Bertz CT molecular complexity index is 219. The number of hydrogen-bond acceptors (Lipinski definition) is 4. The summed E-state index contributed by atoms with van der Waals surface area (Å²) < 4.78 is 8.98. The van der Waals surface area contributed by atoms with Crippen molar-refractivity contribution in [2.24, 2.45) is 5.41 Å². The predicted molar refractivity (Wildman–Crippen MR) is 40.4 cm³/mol. The Labute approximate surface area is 70.8 Å². The number of hydrogen-bond donors (Lipinski definition) is 0. The fourth-order valence-corrected chi connectivity index (χ4v) is 0.968. The molecule has 0 radical (unpaired) electrons. The van der Waals surface area contributed by atoms with Gasteiger partial charge in [0, 0.05) is 5.41 Å². The Morgan fingerprint density at radius 2 is 2.00 bits per heavy atom. The average molecular weight is 172 g/mol. The van der Waals surface area contributed by atoms with Crippen molar-refractivity contribution in [1.29, 1.82) is 0 Å². The highest BCUT2D eigenvalue weighted by molar-refractivity contribution is 5.91. The molecule has 4 heteroatoms. The number of carbonyl (C=O) groups is 2. The Hall–Kier alpha value is -1.06. The first-order chi connectivity index (χ1) is 5.47. The fourth-order valence-electron chi connectivity index (χ4n) is 0.968. The van der Waals surface area contributed by atoms with Gasteiger partial charge in [-0.15, -0.1) is 0 Å². The van der Waals surface area contributed by atoms with Crippen molar-refractivity contribution < 1.29 is 19.1 Å². The van der Waals surface area contributed by atoms with Gasteiger partial charge in [-0.05, 0) is 6.42 Å². The highest BCUT2D eigenvalue weighted by Gasteiger charge is 2.45. The Balaban J connectivity index is 2.76. The molecule has 0 bridgehead atoms. The lowest BCUT2D eigenvalue weighted by Gasteiger charge is -2.24. The van der Waals surface area contributed by atoms with E-state index in [-0.39, 0.29) is 5.41 Å². The minimum Gasteiger partial charge on any atom is -0.418 e. The molecule has 0 aromatic rings. The third kappa shape index (κ3) is 1.42. The second-order valence-corrected chi connectivity index (χ2v) is 3.51.